The molecule has 1 aliphatic carbocycles. The third-order valence-electron chi connectivity index (χ3n) is 2.68. The SMILES string of the molecule is Clc1cc(C2CC2)nc(-c2ncccc2Br)n1. The zero-order chi connectivity index (χ0) is 11.8. The van der Waals surface area contributed by atoms with E-state index in [4.69, 9.17) is 11.6 Å². The number of pyridine rings is 1. The van der Waals surface area contributed by atoms with Gasteiger partial charge in [-0.15, -0.1) is 0 Å². The molecule has 0 bridgehead atoms. The minimum Gasteiger partial charge on any atom is -0.252 e. The molecule has 17 heavy (non-hydrogen) atoms. The summed E-state index contributed by atoms with van der Waals surface area (Å²) in [6.07, 6.45) is 4.10. The molecule has 0 unspecified atom stereocenters. The molecular formula is C12H9BrClN3. The Labute approximate surface area is 112 Å². The van der Waals surface area contributed by atoms with Crippen molar-refractivity contribution in [1.29, 1.82) is 0 Å². The van der Waals surface area contributed by atoms with Gasteiger partial charge < -0.3 is 0 Å². The molecule has 2 aromatic heterocycles. The first-order valence-electron chi connectivity index (χ1n) is 5.39. The highest BCUT2D eigenvalue weighted by molar-refractivity contribution is 9.10. The Bertz CT molecular complexity index is 569. The summed E-state index contributed by atoms with van der Waals surface area (Å²) in [7, 11) is 0. The highest BCUT2D eigenvalue weighted by Crippen LogP contribution is 2.40. The van der Waals surface area contributed by atoms with Crippen LogP contribution in [0.4, 0.5) is 0 Å². The maximum atomic E-state index is 6.03. The molecule has 2 heterocycles. The van der Waals surface area contributed by atoms with E-state index in [1.54, 1.807) is 6.20 Å². The van der Waals surface area contributed by atoms with Crippen LogP contribution in [0.5, 0.6) is 0 Å². The van der Waals surface area contributed by atoms with Crippen LogP contribution in [-0.4, -0.2) is 15.0 Å². The molecule has 3 nitrogen and oxygen atoms in total. The minimum absolute atomic E-state index is 0.481. The van der Waals surface area contributed by atoms with Gasteiger partial charge in [0.05, 0.1) is 0 Å². The average molecular weight is 311 g/mol. The summed E-state index contributed by atoms with van der Waals surface area (Å²) >= 11 is 9.48. The highest BCUT2D eigenvalue weighted by atomic mass is 79.9. The summed E-state index contributed by atoms with van der Waals surface area (Å²) in [6.45, 7) is 0. The Morgan fingerprint density at radius 3 is 2.82 bits per heavy atom. The van der Waals surface area contributed by atoms with E-state index < -0.39 is 0 Å². The summed E-state index contributed by atoms with van der Waals surface area (Å²) in [5, 5.41) is 0.481. The van der Waals surface area contributed by atoms with Gasteiger partial charge in [0, 0.05) is 22.3 Å². The van der Waals surface area contributed by atoms with Crippen LogP contribution in [0.2, 0.25) is 5.15 Å². The monoisotopic (exact) mass is 309 g/mol. The molecule has 0 spiro atoms. The smallest absolute Gasteiger partial charge is 0.181 e. The fourth-order valence-electron chi connectivity index (χ4n) is 1.68. The number of hydrogen-bond acceptors (Lipinski definition) is 3. The van der Waals surface area contributed by atoms with Crippen molar-refractivity contribution in [3.63, 3.8) is 0 Å². The van der Waals surface area contributed by atoms with Gasteiger partial charge in [0.1, 0.15) is 10.8 Å². The zero-order valence-electron chi connectivity index (χ0n) is 8.90. The lowest BCUT2D eigenvalue weighted by Gasteiger charge is -2.05. The lowest BCUT2D eigenvalue weighted by atomic mass is 10.2. The van der Waals surface area contributed by atoms with Crippen molar-refractivity contribution >= 4 is 27.5 Å². The second kappa shape index (κ2) is 4.35. The van der Waals surface area contributed by atoms with Crippen molar-refractivity contribution in [2.24, 2.45) is 0 Å². The Morgan fingerprint density at radius 2 is 2.12 bits per heavy atom. The molecule has 0 N–H and O–H groups in total. The number of aromatic nitrogens is 3. The van der Waals surface area contributed by atoms with Gasteiger partial charge in [-0.3, -0.25) is 4.98 Å². The standard InChI is InChI=1S/C12H9BrClN3/c13-8-2-1-5-15-11(8)12-16-9(7-3-4-7)6-10(14)17-12/h1-2,5-7H,3-4H2. The first-order chi connectivity index (χ1) is 8.24. The minimum atomic E-state index is 0.481. The van der Waals surface area contributed by atoms with Gasteiger partial charge in [0.25, 0.3) is 0 Å². The van der Waals surface area contributed by atoms with Crippen molar-refractivity contribution in [2.75, 3.05) is 0 Å². The molecule has 0 amide bonds. The lowest BCUT2D eigenvalue weighted by Crippen LogP contribution is -1.97. The summed E-state index contributed by atoms with van der Waals surface area (Å²) in [5.74, 6) is 1.14. The van der Waals surface area contributed by atoms with Crippen molar-refractivity contribution < 1.29 is 0 Å². The van der Waals surface area contributed by atoms with E-state index >= 15 is 0 Å². The number of hydrogen-bond donors (Lipinski definition) is 0. The number of rotatable bonds is 2. The summed E-state index contributed by atoms with van der Waals surface area (Å²) in [4.78, 5) is 13.1. The molecule has 0 aromatic carbocycles. The molecule has 0 saturated heterocycles. The maximum absolute atomic E-state index is 6.03. The Kier molecular flexibility index (Phi) is 2.84. The van der Waals surface area contributed by atoms with E-state index in [9.17, 15) is 0 Å². The van der Waals surface area contributed by atoms with Gasteiger partial charge in [-0.1, -0.05) is 11.6 Å². The third kappa shape index (κ3) is 2.33. The third-order valence-corrected chi connectivity index (χ3v) is 3.51. The van der Waals surface area contributed by atoms with Crippen LogP contribution in [0.25, 0.3) is 11.5 Å². The van der Waals surface area contributed by atoms with Crippen molar-refractivity contribution in [2.45, 2.75) is 18.8 Å². The maximum Gasteiger partial charge on any atom is 0.181 e. The van der Waals surface area contributed by atoms with E-state index in [1.807, 2.05) is 18.2 Å². The largest absolute Gasteiger partial charge is 0.252 e. The van der Waals surface area contributed by atoms with Gasteiger partial charge in [0.15, 0.2) is 5.82 Å². The normalized spacial score (nSPS) is 14.9. The zero-order valence-corrected chi connectivity index (χ0v) is 11.2. The van der Waals surface area contributed by atoms with Crippen molar-refractivity contribution in [3.05, 3.63) is 39.7 Å². The van der Waals surface area contributed by atoms with Crippen molar-refractivity contribution in [3.8, 4) is 11.5 Å². The van der Waals surface area contributed by atoms with Crippen LogP contribution in [-0.2, 0) is 0 Å². The molecule has 2 aromatic rings. The highest BCUT2D eigenvalue weighted by Gasteiger charge is 2.26. The second-order valence-electron chi connectivity index (χ2n) is 4.05. The molecule has 0 radical (unpaired) electrons. The predicted molar refractivity (Wildman–Crippen MR) is 69.9 cm³/mol. The van der Waals surface area contributed by atoms with Crippen molar-refractivity contribution in [1.82, 2.24) is 15.0 Å². The van der Waals surface area contributed by atoms with Gasteiger partial charge in [0.2, 0.25) is 0 Å². The first kappa shape index (κ1) is 11.1. The molecule has 1 fully saturated rings. The van der Waals surface area contributed by atoms with Gasteiger partial charge in [-0.05, 0) is 47.0 Å². The molecule has 86 valence electrons. The summed E-state index contributed by atoms with van der Waals surface area (Å²) < 4.78 is 0.879. The van der Waals surface area contributed by atoms with Crippen LogP contribution in [0.1, 0.15) is 24.5 Å². The molecule has 0 atom stereocenters. The molecule has 1 saturated carbocycles. The molecule has 5 heteroatoms. The molecule has 1 aliphatic rings. The topological polar surface area (TPSA) is 38.7 Å². The fraction of sp³-hybridized carbons (Fsp3) is 0.250. The van der Waals surface area contributed by atoms with E-state index in [2.05, 4.69) is 30.9 Å². The number of halogens is 2. The first-order valence-corrected chi connectivity index (χ1v) is 6.56. The van der Waals surface area contributed by atoms with Crippen LogP contribution in [0.3, 0.4) is 0 Å². The van der Waals surface area contributed by atoms with Gasteiger partial charge in [-0.25, -0.2) is 9.97 Å². The lowest BCUT2D eigenvalue weighted by molar-refractivity contribution is 0.986. The average Bonchev–Trinajstić information content (AvgIpc) is 3.12. The van der Waals surface area contributed by atoms with E-state index in [0.717, 1.165) is 15.9 Å². The van der Waals surface area contributed by atoms with Gasteiger partial charge >= 0.3 is 0 Å². The molecule has 3 rings (SSSR count). The van der Waals surface area contributed by atoms with E-state index in [0.29, 0.717) is 16.9 Å². The quantitative estimate of drug-likeness (QED) is 0.791. The molecule has 0 aliphatic heterocycles. The van der Waals surface area contributed by atoms with Crippen LogP contribution >= 0.6 is 27.5 Å². The second-order valence-corrected chi connectivity index (χ2v) is 5.29. The Balaban J connectivity index is 2.11. The Hall–Kier alpha value is -1.000. The summed E-state index contributed by atoms with van der Waals surface area (Å²) in [5.41, 5.74) is 1.76. The fourth-order valence-corrected chi connectivity index (χ4v) is 2.30. The van der Waals surface area contributed by atoms with Crippen LogP contribution in [0, 0.1) is 0 Å². The Morgan fingerprint density at radius 1 is 1.29 bits per heavy atom. The van der Waals surface area contributed by atoms with Crippen LogP contribution in [0.15, 0.2) is 28.9 Å². The predicted octanol–water partition coefficient (Wildman–Crippen LogP) is 3.83. The van der Waals surface area contributed by atoms with Gasteiger partial charge in [-0.2, -0.15) is 0 Å². The van der Waals surface area contributed by atoms with E-state index in [1.165, 1.54) is 12.8 Å². The number of nitrogens with zero attached hydrogens (tertiary/aromatic N) is 3. The van der Waals surface area contributed by atoms with E-state index in [-0.39, 0.29) is 0 Å². The molecular weight excluding hydrogens is 302 g/mol. The van der Waals surface area contributed by atoms with Crippen LogP contribution < -0.4 is 0 Å². The summed E-state index contributed by atoms with van der Waals surface area (Å²) in [6, 6.07) is 5.63.